The first kappa shape index (κ1) is 14.7. The number of benzene rings is 1. The summed E-state index contributed by atoms with van der Waals surface area (Å²) in [5.74, 6) is 0. The molecule has 17 heavy (non-hydrogen) atoms. The van der Waals surface area contributed by atoms with Gasteiger partial charge in [-0.05, 0) is 43.6 Å². The minimum Gasteiger partial charge on any atom is -0.314 e. The Morgan fingerprint density at radius 2 is 2.00 bits per heavy atom. The zero-order valence-corrected chi connectivity index (χ0v) is 12.6. The lowest BCUT2D eigenvalue weighted by Crippen LogP contribution is -2.26. The third kappa shape index (κ3) is 5.66. The van der Waals surface area contributed by atoms with E-state index in [2.05, 4.69) is 65.5 Å². The maximum absolute atomic E-state index is 3.56. The molecule has 0 aliphatic heterocycles. The SMILES string of the molecule is Cc1c(Br)cccc1CNCCCNC(C)C. The summed E-state index contributed by atoms with van der Waals surface area (Å²) in [6.07, 6.45) is 1.17. The minimum atomic E-state index is 0.585. The molecule has 0 radical (unpaired) electrons. The quantitative estimate of drug-likeness (QED) is 0.755. The predicted molar refractivity (Wildman–Crippen MR) is 78.3 cm³/mol. The summed E-state index contributed by atoms with van der Waals surface area (Å²) in [7, 11) is 0. The van der Waals surface area contributed by atoms with E-state index in [9.17, 15) is 0 Å². The van der Waals surface area contributed by atoms with Crippen molar-refractivity contribution in [3.63, 3.8) is 0 Å². The lowest BCUT2D eigenvalue weighted by atomic mass is 10.1. The molecule has 0 saturated carbocycles. The van der Waals surface area contributed by atoms with E-state index in [1.54, 1.807) is 0 Å². The third-order valence-corrected chi connectivity index (χ3v) is 3.64. The van der Waals surface area contributed by atoms with Gasteiger partial charge in [0.25, 0.3) is 0 Å². The van der Waals surface area contributed by atoms with Crippen molar-refractivity contribution in [3.05, 3.63) is 33.8 Å². The summed E-state index contributed by atoms with van der Waals surface area (Å²) in [5, 5.41) is 6.90. The Hall–Kier alpha value is -0.380. The van der Waals surface area contributed by atoms with Gasteiger partial charge in [0.1, 0.15) is 0 Å². The van der Waals surface area contributed by atoms with Crippen molar-refractivity contribution >= 4 is 15.9 Å². The second-order valence-electron chi connectivity index (χ2n) is 4.66. The fraction of sp³-hybridized carbons (Fsp3) is 0.571. The van der Waals surface area contributed by atoms with E-state index in [1.165, 1.54) is 22.0 Å². The fourth-order valence-corrected chi connectivity index (χ4v) is 2.08. The Labute approximate surface area is 113 Å². The summed E-state index contributed by atoms with van der Waals surface area (Å²) in [4.78, 5) is 0. The lowest BCUT2D eigenvalue weighted by molar-refractivity contribution is 0.547. The first-order valence-electron chi connectivity index (χ1n) is 6.29. The van der Waals surface area contributed by atoms with Crippen LogP contribution in [0.5, 0.6) is 0 Å². The molecule has 0 amide bonds. The summed E-state index contributed by atoms with van der Waals surface area (Å²) in [6, 6.07) is 6.95. The van der Waals surface area contributed by atoms with Crippen LogP contribution in [0.3, 0.4) is 0 Å². The summed E-state index contributed by atoms with van der Waals surface area (Å²) in [6.45, 7) is 9.61. The maximum Gasteiger partial charge on any atom is 0.0208 e. The second-order valence-corrected chi connectivity index (χ2v) is 5.52. The number of nitrogens with one attached hydrogen (secondary N) is 2. The van der Waals surface area contributed by atoms with E-state index in [0.29, 0.717) is 6.04 Å². The van der Waals surface area contributed by atoms with Gasteiger partial charge < -0.3 is 10.6 Å². The van der Waals surface area contributed by atoms with Gasteiger partial charge >= 0.3 is 0 Å². The molecular weight excluding hydrogens is 276 g/mol. The normalized spacial score (nSPS) is 11.1. The fourth-order valence-electron chi connectivity index (χ4n) is 1.67. The molecule has 1 aromatic rings. The van der Waals surface area contributed by atoms with Crippen molar-refractivity contribution in [1.29, 1.82) is 0 Å². The maximum atomic E-state index is 3.56. The van der Waals surface area contributed by atoms with Crippen molar-refractivity contribution in [2.75, 3.05) is 13.1 Å². The Morgan fingerprint density at radius 3 is 2.71 bits per heavy atom. The van der Waals surface area contributed by atoms with E-state index >= 15 is 0 Å². The molecule has 3 heteroatoms. The Kier molecular flexibility index (Phi) is 6.78. The highest BCUT2D eigenvalue weighted by Gasteiger charge is 2.00. The van der Waals surface area contributed by atoms with E-state index in [1.807, 2.05) is 0 Å². The van der Waals surface area contributed by atoms with Crippen molar-refractivity contribution in [3.8, 4) is 0 Å². The van der Waals surface area contributed by atoms with Crippen LogP contribution in [-0.2, 0) is 6.54 Å². The van der Waals surface area contributed by atoms with Gasteiger partial charge in [-0.15, -0.1) is 0 Å². The average molecular weight is 299 g/mol. The van der Waals surface area contributed by atoms with Crippen molar-refractivity contribution in [1.82, 2.24) is 10.6 Å². The van der Waals surface area contributed by atoms with E-state index in [0.717, 1.165) is 19.6 Å². The van der Waals surface area contributed by atoms with Crippen LogP contribution in [0.25, 0.3) is 0 Å². The Balaban J connectivity index is 2.20. The first-order chi connectivity index (χ1) is 8.11. The Bertz CT molecular complexity index is 337. The molecule has 0 aliphatic rings. The molecule has 1 rings (SSSR count). The number of hydrogen-bond acceptors (Lipinski definition) is 2. The Morgan fingerprint density at radius 1 is 1.24 bits per heavy atom. The van der Waals surface area contributed by atoms with Crippen molar-refractivity contribution < 1.29 is 0 Å². The average Bonchev–Trinajstić information content (AvgIpc) is 2.28. The molecular formula is C14H23BrN2. The highest BCUT2D eigenvalue weighted by atomic mass is 79.9. The summed E-state index contributed by atoms with van der Waals surface area (Å²) in [5.41, 5.74) is 2.71. The van der Waals surface area contributed by atoms with Gasteiger partial charge in [0.05, 0.1) is 0 Å². The van der Waals surface area contributed by atoms with E-state index in [-0.39, 0.29) is 0 Å². The molecule has 1 aromatic carbocycles. The number of hydrogen-bond donors (Lipinski definition) is 2. The molecule has 96 valence electrons. The van der Waals surface area contributed by atoms with Crippen LogP contribution in [0, 0.1) is 6.92 Å². The van der Waals surface area contributed by atoms with Crippen LogP contribution in [0.2, 0.25) is 0 Å². The third-order valence-electron chi connectivity index (χ3n) is 2.78. The summed E-state index contributed by atoms with van der Waals surface area (Å²) >= 11 is 3.56. The van der Waals surface area contributed by atoms with Crippen LogP contribution in [-0.4, -0.2) is 19.1 Å². The zero-order valence-electron chi connectivity index (χ0n) is 11.0. The predicted octanol–water partition coefficient (Wildman–Crippen LogP) is 3.24. The van der Waals surface area contributed by atoms with Gasteiger partial charge in [-0.2, -0.15) is 0 Å². The van der Waals surface area contributed by atoms with Crippen LogP contribution in [0.4, 0.5) is 0 Å². The van der Waals surface area contributed by atoms with Gasteiger partial charge in [-0.25, -0.2) is 0 Å². The topological polar surface area (TPSA) is 24.1 Å². The molecule has 0 unspecified atom stereocenters. The molecule has 0 heterocycles. The molecule has 0 fully saturated rings. The molecule has 0 aliphatic carbocycles. The van der Waals surface area contributed by atoms with Gasteiger partial charge in [0.2, 0.25) is 0 Å². The van der Waals surface area contributed by atoms with E-state index < -0.39 is 0 Å². The van der Waals surface area contributed by atoms with Crippen LogP contribution in [0.15, 0.2) is 22.7 Å². The molecule has 2 nitrogen and oxygen atoms in total. The number of rotatable bonds is 7. The first-order valence-corrected chi connectivity index (χ1v) is 7.08. The van der Waals surface area contributed by atoms with Gasteiger partial charge in [0.15, 0.2) is 0 Å². The van der Waals surface area contributed by atoms with Crippen LogP contribution < -0.4 is 10.6 Å². The van der Waals surface area contributed by atoms with Crippen molar-refractivity contribution in [2.45, 2.75) is 39.8 Å². The highest BCUT2D eigenvalue weighted by molar-refractivity contribution is 9.10. The van der Waals surface area contributed by atoms with E-state index in [4.69, 9.17) is 0 Å². The van der Waals surface area contributed by atoms with Crippen LogP contribution in [0.1, 0.15) is 31.4 Å². The summed E-state index contributed by atoms with van der Waals surface area (Å²) < 4.78 is 1.19. The van der Waals surface area contributed by atoms with Crippen molar-refractivity contribution in [2.24, 2.45) is 0 Å². The number of halogens is 1. The molecule has 0 bridgehead atoms. The minimum absolute atomic E-state index is 0.585. The zero-order chi connectivity index (χ0) is 12.7. The molecule has 0 saturated heterocycles. The second kappa shape index (κ2) is 7.85. The van der Waals surface area contributed by atoms with Crippen LogP contribution >= 0.6 is 15.9 Å². The highest BCUT2D eigenvalue weighted by Crippen LogP contribution is 2.18. The smallest absolute Gasteiger partial charge is 0.0208 e. The largest absolute Gasteiger partial charge is 0.314 e. The molecule has 2 N–H and O–H groups in total. The molecule has 0 spiro atoms. The molecule has 0 atom stereocenters. The standard InChI is InChI=1S/C14H23BrN2/c1-11(2)17-9-5-8-16-10-13-6-4-7-14(15)12(13)3/h4,6-7,11,16-17H,5,8-10H2,1-3H3. The van der Waals surface area contributed by atoms with Gasteiger partial charge in [-0.1, -0.05) is 41.9 Å². The molecule has 0 aromatic heterocycles. The monoisotopic (exact) mass is 298 g/mol. The van der Waals surface area contributed by atoms with Gasteiger partial charge in [-0.3, -0.25) is 0 Å². The van der Waals surface area contributed by atoms with Gasteiger partial charge in [0, 0.05) is 17.1 Å². The lowest BCUT2D eigenvalue weighted by Gasteiger charge is -2.10.